The quantitative estimate of drug-likeness (QED) is 0.785. The molecule has 0 saturated heterocycles. The second-order valence-electron chi connectivity index (χ2n) is 6.06. The smallest absolute Gasteiger partial charge is 0.220 e. The van der Waals surface area contributed by atoms with Crippen molar-refractivity contribution >= 4 is 5.91 Å². The summed E-state index contributed by atoms with van der Waals surface area (Å²) in [5.41, 5.74) is 2.14. The van der Waals surface area contributed by atoms with Crippen molar-refractivity contribution in [3.05, 3.63) is 59.4 Å². The number of ether oxygens (including phenoxy) is 2. The highest BCUT2D eigenvalue weighted by Gasteiger charge is 2.12. The summed E-state index contributed by atoms with van der Waals surface area (Å²) in [6.45, 7) is 1.76. The molecule has 1 amide bonds. The molecule has 1 heterocycles. The van der Waals surface area contributed by atoms with E-state index in [2.05, 4.69) is 5.32 Å². The lowest BCUT2D eigenvalue weighted by molar-refractivity contribution is -0.121. The Kier molecular flexibility index (Phi) is 5.88. The molecule has 0 spiro atoms. The van der Waals surface area contributed by atoms with Gasteiger partial charge in [0.1, 0.15) is 19.0 Å². The summed E-state index contributed by atoms with van der Waals surface area (Å²) in [7, 11) is 0. The number of fused-ring (bicyclic) bond motifs is 1. The maximum absolute atomic E-state index is 12.8. The standard InChI is InChI=1S/C20H22FNO3/c21-17-7-3-15(4-8-17)2-1-11-22-20(23)10-6-16-5-9-18-19(14-16)25-13-12-24-18/h3-5,7-9,14H,1-2,6,10-13H2,(H,22,23). The largest absolute Gasteiger partial charge is 0.486 e. The number of carbonyl (C=O) groups excluding carboxylic acids is 1. The van der Waals surface area contributed by atoms with E-state index in [0.29, 0.717) is 32.6 Å². The molecule has 0 saturated carbocycles. The van der Waals surface area contributed by atoms with Crippen molar-refractivity contribution in [1.29, 1.82) is 0 Å². The van der Waals surface area contributed by atoms with Crippen molar-refractivity contribution < 1.29 is 18.7 Å². The Labute approximate surface area is 147 Å². The van der Waals surface area contributed by atoms with E-state index in [9.17, 15) is 9.18 Å². The van der Waals surface area contributed by atoms with E-state index in [1.807, 2.05) is 18.2 Å². The van der Waals surface area contributed by atoms with Gasteiger partial charge in [0.05, 0.1) is 0 Å². The van der Waals surface area contributed by atoms with Crippen molar-refractivity contribution in [1.82, 2.24) is 5.32 Å². The number of benzene rings is 2. The van der Waals surface area contributed by atoms with Crippen LogP contribution in [0.25, 0.3) is 0 Å². The lowest BCUT2D eigenvalue weighted by Crippen LogP contribution is -2.25. The summed E-state index contributed by atoms with van der Waals surface area (Å²) in [4.78, 5) is 11.9. The van der Waals surface area contributed by atoms with Crippen molar-refractivity contribution in [2.45, 2.75) is 25.7 Å². The first-order valence-corrected chi connectivity index (χ1v) is 8.60. The highest BCUT2D eigenvalue weighted by Crippen LogP contribution is 2.31. The van der Waals surface area contributed by atoms with Gasteiger partial charge in [-0.15, -0.1) is 0 Å². The van der Waals surface area contributed by atoms with Crippen LogP contribution in [0.15, 0.2) is 42.5 Å². The van der Waals surface area contributed by atoms with E-state index in [0.717, 1.165) is 35.5 Å². The molecule has 0 fully saturated rings. The second-order valence-corrected chi connectivity index (χ2v) is 6.06. The molecule has 4 nitrogen and oxygen atoms in total. The molecule has 5 heteroatoms. The van der Waals surface area contributed by atoms with Crippen molar-refractivity contribution in [2.24, 2.45) is 0 Å². The number of aryl methyl sites for hydroxylation is 2. The highest BCUT2D eigenvalue weighted by molar-refractivity contribution is 5.76. The van der Waals surface area contributed by atoms with Crippen LogP contribution < -0.4 is 14.8 Å². The molecular weight excluding hydrogens is 321 g/mol. The number of hydrogen-bond acceptors (Lipinski definition) is 3. The van der Waals surface area contributed by atoms with E-state index in [4.69, 9.17) is 9.47 Å². The van der Waals surface area contributed by atoms with Gasteiger partial charge in [-0.25, -0.2) is 4.39 Å². The normalized spacial score (nSPS) is 12.7. The lowest BCUT2D eigenvalue weighted by atomic mass is 10.1. The van der Waals surface area contributed by atoms with Crippen molar-refractivity contribution in [3.8, 4) is 11.5 Å². The Morgan fingerprint density at radius 1 is 0.960 bits per heavy atom. The van der Waals surface area contributed by atoms with Gasteiger partial charge in [0, 0.05) is 13.0 Å². The summed E-state index contributed by atoms with van der Waals surface area (Å²) < 4.78 is 23.9. The maximum Gasteiger partial charge on any atom is 0.220 e. The zero-order valence-electron chi connectivity index (χ0n) is 14.1. The molecule has 0 bridgehead atoms. The first-order chi connectivity index (χ1) is 12.2. The summed E-state index contributed by atoms with van der Waals surface area (Å²) in [5.74, 6) is 1.33. The molecule has 0 aliphatic carbocycles. The minimum atomic E-state index is -0.226. The zero-order valence-corrected chi connectivity index (χ0v) is 14.1. The molecule has 0 atom stereocenters. The van der Waals surface area contributed by atoms with Gasteiger partial charge in [0.2, 0.25) is 5.91 Å². The van der Waals surface area contributed by atoms with Crippen LogP contribution in [-0.4, -0.2) is 25.7 Å². The molecular formula is C20H22FNO3. The van der Waals surface area contributed by atoms with Crippen LogP contribution in [-0.2, 0) is 17.6 Å². The summed E-state index contributed by atoms with van der Waals surface area (Å²) >= 11 is 0. The van der Waals surface area contributed by atoms with Gasteiger partial charge in [-0.1, -0.05) is 18.2 Å². The minimum absolute atomic E-state index is 0.0361. The summed E-state index contributed by atoms with van der Waals surface area (Å²) in [6.07, 6.45) is 2.76. The lowest BCUT2D eigenvalue weighted by Gasteiger charge is -2.18. The highest BCUT2D eigenvalue weighted by atomic mass is 19.1. The third-order valence-electron chi connectivity index (χ3n) is 4.12. The Bertz CT molecular complexity index is 715. The molecule has 1 aliphatic heterocycles. The number of nitrogens with one attached hydrogen (secondary N) is 1. The van der Waals surface area contributed by atoms with Crippen molar-refractivity contribution in [3.63, 3.8) is 0 Å². The fourth-order valence-electron chi connectivity index (χ4n) is 2.76. The van der Waals surface area contributed by atoms with E-state index in [1.54, 1.807) is 12.1 Å². The van der Waals surface area contributed by atoms with Crippen LogP contribution >= 0.6 is 0 Å². The first-order valence-electron chi connectivity index (χ1n) is 8.60. The van der Waals surface area contributed by atoms with Gasteiger partial charge in [0.25, 0.3) is 0 Å². The summed E-state index contributed by atoms with van der Waals surface area (Å²) in [6, 6.07) is 12.3. The van der Waals surface area contributed by atoms with Gasteiger partial charge in [-0.2, -0.15) is 0 Å². The van der Waals surface area contributed by atoms with Crippen LogP contribution in [0.2, 0.25) is 0 Å². The second kappa shape index (κ2) is 8.51. The van der Waals surface area contributed by atoms with E-state index < -0.39 is 0 Å². The van der Waals surface area contributed by atoms with Gasteiger partial charge in [-0.05, 0) is 54.7 Å². The molecule has 1 aliphatic rings. The Hall–Kier alpha value is -2.56. The van der Waals surface area contributed by atoms with Crippen molar-refractivity contribution in [2.75, 3.05) is 19.8 Å². The van der Waals surface area contributed by atoms with Gasteiger partial charge in [0.15, 0.2) is 11.5 Å². The van der Waals surface area contributed by atoms with Crippen LogP contribution in [0.4, 0.5) is 4.39 Å². The molecule has 2 aromatic rings. The fourth-order valence-corrected chi connectivity index (χ4v) is 2.76. The topological polar surface area (TPSA) is 47.6 Å². The van der Waals surface area contributed by atoms with Gasteiger partial charge < -0.3 is 14.8 Å². The number of amides is 1. The number of hydrogen-bond donors (Lipinski definition) is 1. The number of rotatable bonds is 7. The number of carbonyl (C=O) groups is 1. The maximum atomic E-state index is 12.8. The number of halogens is 1. The Balaban J connectivity index is 1.36. The van der Waals surface area contributed by atoms with Crippen LogP contribution in [0.3, 0.4) is 0 Å². The van der Waals surface area contributed by atoms with E-state index in [-0.39, 0.29) is 11.7 Å². The molecule has 0 aromatic heterocycles. The van der Waals surface area contributed by atoms with E-state index >= 15 is 0 Å². The monoisotopic (exact) mass is 343 g/mol. The molecule has 1 N–H and O–H groups in total. The Morgan fingerprint density at radius 3 is 2.48 bits per heavy atom. The van der Waals surface area contributed by atoms with Crippen LogP contribution in [0, 0.1) is 5.82 Å². The predicted molar refractivity (Wildman–Crippen MR) is 93.5 cm³/mol. The molecule has 0 radical (unpaired) electrons. The molecule has 3 rings (SSSR count). The molecule has 25 heavy (non-hydrogen) atoms. The molecule has 2 aromatic carbocycles. The van der Waals surface area contributed by atoms with Gasteiger partial charge in [-0.3, -0.25) is 4.79 Å². The van der Waals surface area contributed by atoms with Crippen LogP contribution in [0.1, 0.15) is 24.0 Å². The third-order valence-corrected chi connectivity index (χ3v) is 4.12. The SMILES string of the molecule is O=C(CCc1ccc2c(c1)OCCO2)NCCCc1ccc(F)cc1. The molecule has 0 unspecified atom stereocenters. The predicted octanol–water partition coefficient (Wildman–Crippen LogP) is 3.28. The average Bonchev–Trinajstić information content (AvgIpc) is 2.65. The third kappa shape index (κ3) is 5.21. The first kappa shape index (κ1) is 17.3. The Morgan fingerprint density at radius 2 is 1.68 bits per heavy atom. The summed E-state index contributed by atoms with van der Waals surface area (Å²) in [5, 5.41) is 2.93. The fraction of sp³-hybridized carbons (Fsp3) is 0.350. The molecule has 132 valence electrons. The van der Waals surface area contributed by atoms with E-state index in [1.165, 1.54) is 12.1 Å². The minimum Gasteiger partial charge on any atom is -0.486 e. The van der Waals surface area contributed by atoms with Gasteiger partial charge >= 0.3 is 0 Å². The zero-order chi connectivity index (χ0) is 17.5. The van der Waals surface area contributed by atoms with Crippen LogP contribution in [0.5, 0.6) is 11.5 Å². The average molecular weight is 343 g/mol.